The minimum absolute atomic E-state index is 0.0680. The van der Waals surface area contributed by atoms with Gasteiger partial charge in [0.25, 0.3) is 0 Å². The molecule has 8 aromatic carbocycles. The fourth-order valence-corrected chi connectivity index (χ4v) is 9.06. The van der Waals surface area contributed by atoms with Crippen molar-refractivity contribution in [1.29, 1.82) is 0 Å². The Bertz CT molecular complexity index is 2880. The van der Waals surface area contributed by atoms with E-state index in [2.05, 4.69) is 66.7 Å². The normalized spacial score (nSPS) is 12.3. The zero-order valence-electron chi connectivity index (χ0n) is 26.8. The molecule has 3 aliphatic carbocycles. The summed E-state index contributed by atoms with van der Waals surface area (Å²) in [6.45, 7) is 0. The van der Waals surface area contributed by atoms with Gasteiger partial charge in [-0.05, 0) is 95.9 Å². The van der Waals surface area contributed by atoms with Gasteiger partial charge < -0.3 is 5.11 Å². The minimum atomic E-state index is -0.942. The van der Waals surface area contributed by atoms with Gasteiger partial charge in [0, 0.05) is 32.8 Å². The Labute approximate surface area is 303 Å². The molecule has 0 saturated heterocycles. The van der Waals surface area contributed by atoms with E-state index in [-0.39, 0.29) is 11.3 Å². The molecule has 3 aliphatic rings. The number of benzene rings is 8. The highest BCUT2D eigenvalue weighted by Gasteiger charge is 2.34. The molecule has 0 heterocycles. The van der Waals surface area contributed by atoms with Crippen molar-refractivity contribution in [3.05, 3.63) is 166 Å². The molecule has 240 valence electrons. The smallest absolute Gasteiger partial charge is 0.336 e. The molecule has 0 aromatic heterocycles. The van der Waals surface area contributed by atoms with Crippen LogP contribution in [0.1, 0.15) is 26.3 Å². The van der Waals surface area contributed by atoms with E-state index >= 15 is 0 Å². The molecule has 0 aliphatic heterocycles. The molecule has 0 spiro atoms. The van der Waals surface area contributed by atoms with Crippen molar-refractivity contribution in [3.8, 4) is 66.8 Å². The molecule has 3 nitrogen and oxygen atoms in total. The van der Waals surface area contributed by atoms with E-state index in [1.807, 2.05) is 60.7 Å². The van der Waals surface area contributed by atoms with Crippen molar-refractivity contribution in [3.63, 3.8) is 0 Å². The number of carboxylic acid groups (broad SMARTS) is 1. The first-order valence-corrected chi connectivity index (χ1v) is 17.4. The molecule has 8 aromatic rings. The van der Waals surface area contributed by atoms with Gasteiger partial charge in [-0.3, -0.25) is 4.79 Å². The number of fused-ring (bicyclic) bond motifs is 9. The third kappa shape index (κ3) is 4.20. The molecule has 0 amide bonds. The van der Waals surface area contributed by atoms with Gasteiger partial charge in [-0.1, -0.05) is 138 Å². The molecule has 11 rings (SSSR count). The maximum Gasteiger partial charge on any atom is 0.336 e. The number of halogens is 2. The van der Waals surface area contributed by atoms with Crippen LogP contribution in [0.15, 0.2) is 140 Å². The minimum Gasteiger partial charge on any atom is -0.478 e. The van der Waals surface area contributed by atoms with Gasteiger partial charge in [-0.25, -0.2) is 4.79 Å². The van der Waals surface area contributed by atoms with E-state index in [0.29, 0.717) is 15.6 Å². The average molecular weight is 696 g/mol. The van der Waals surface area contributed by atoms with Gasteiger partial charge in [0.2, 0.25) is 0 Å². The lowest BCUT2D eigenvalue weighted by Gasteiger charge is -2.11. The van der Waals surface area contributed by atoms with Crippen LogP contribution in [0.5, 0.6) is 0 Å². The second kappa shape index (κ2) is 11.0. The Balaban J connectivity index is 0.000000128. The zero-order valence-corrected chi connectivity index (χ0v) is 28.3. The second-order valence-corrected chi connectivity index (χ2v) is 13.8. The number of rotatable bonds is 2. The lowest BCUT2D eigenvalue weighted by atomic mass is 9.94. The van der Waals surface area contributed by atoms with Crippen LogP contribution in [0.2, 0.25) is 10.0 Å². The maximum atomic E-state index is 12.9. The lowest BCUT2D eigenvalue weighted by Crippen LogP contribution is -1.99. The van der Waals surface area contributed by atoms with Gasteiger partial charge in [0.15, 0.2) is 5.78 Å². The standard InChI is InChI=1S/C23H13ClO2.C23H11ClO/c24-20-12-14(15-7-1-2-8-17(15)23(25)26)11-19-16-9-3-5-13-6-4-10-18(21(13)16)22(19)20;24-22-20-13-7-1-2-8-15(13)23(25)18(20)11-17-14-9-3-5-12-6-4-10-16(19(12)14)21(17)22/h1-12H,(H,25,26);1-11H. The number of ketones is 1. The molecule has 0 bridgehead atoms. The van der Waals surface area contributed by atoms with Crippen LogP contribution in [0.4, 0.5) is 0 Å². The van der Waals surface area contributed by atoms with Crippen LogP contribution in [0.3, 0.4) is 0 Å². The first-order valence-electron chi connectivity index (χ1n) is 16.6. The summed E-state index contributed by atoms with van der Waals surface area (Å²) in [5.41, 5.74) is 13.9. The van der Waals surface area contributed by atoms with E-state index < -0.39 is 5.97 Å². The van der Waals surface area contributed by atoms with Crippen molar-refractivity contribution in [1.82, 2.24) is 0 Å². The van der Waals surface area contributed by atoms with Crippen LogP contribution in [0, 0.1) is 0 Å². The van der Waals surface area contributed by atoms with E-state index in [1.165, 1.54) is 21.5 Å². The molecule has 0 radical (unpaired) electrons. The molecule has 5 heteroatoms. The molecule has 51 heavy (non-hydrogen) atoms. The van der Waals surface area contributed by atoms with E-state index in [0.717, 1.165) is 72.3 Å². The summed E-state index contributed by atoms with van der Waals surface area (Å²) >= 11 is 13.6. The first kappa shape index (κ1) is 29.9. The summed E-state index contributed by atoms with van der Waals surface area (Å²) in [4.78, 5) is 24.5. The maximum absolute atomic E-state index is 12.9. The summed E-state index contributed by atoms with van der Waals surface area (Å²) in [7, 11) is 0. The van der Waals surface area contributed by atoms with E-state index in [9.17, 15) is 14.7 Å². The molecule has 0 fully saturated rings. The van der Waals surface area contributed by atoms with Crippen LogP contribution >= 0.6 is 23.2 Å². The number of aromatic carboxylic acids is 1. The molecule has 1 N–H and O–H groups in total. The van der Waals surface area contributed by atoms with E-state index in [4.69, 9.17) is 23.2 Å². The molecule has 0 unspecified atom stereocenters. The van der Waals surface area contributed by atoms with Crippen molar-refractivity contribution in [2.45, 2.75) is 0 Å². The predicted molar refractivity (Wildman–Crippen MR) is 208 cm³/mol. The van der Waals surface area contributed by atoms with Gasteiger partial charge in [-0.2, -0.15) is 0 Å². The Morgan fingerprint density at radius 3 is 1.57 bits per heavy atom. The average Bonchev–Trinajstić information content (AvgIpc) is 3.77. The van der Waals surface area contributed by atoms with Crippen LogP contribution in [-0.4, -0.2) is 16.9 Å². The first-order chi connectivity index (χ1) is 24.9. The Hall–Kier alpha value is -6.00. The highest BCUT2D eigenvalue weighted by Crippen LogP contribution is 2.55. The van der Waals surface area contributed by atoms with Gasteiger partial charge in [0.05, 0.1) is 10.6 Å². The van der Waals surface area contributed by atoms with Gasteiger partial charge in [0.1, 0.15) is 0 Å². The molecule has 0 atom stereocenters. The van der Waals surface area contributed by atoms with Crippen molar-refractivity contribution in [2.24, 2.45) is 0 Å². The Morgan fingerprint density at radius 1 is 0.451 bits per heavy atom. The van der Waals surface area contributed by atoms with Crippen molar-refractivity contribution >= 4 is 56.5 Å². The van der Waals surface area contributed by atoms with Gasteiger partial charge >= 0.3 is 5.97 Å². The van der Waals surface area contributed by atoms with Crippen LogP contribution in [0.25, 0.3) is 88.3 Å². The number of carbonyl (C=O) groups excluding carboxylic acids is 1. The largest absolute Gasteiger partial charge is 0.478 e. The fourth-order valence-electron chi connectivity index (χ4n) is 8.33. The summed E-state index contributed by atoms with van der Waals surface area (Å²) in [6.07, 6.45) is 0. The molecular weight excluding hydrogens is 671 g/mol. The summed E-state index contributed by atoms with van der Waals surface area (Å²) in [5, 5.41) is 15.7. The Morgan fingerprint density at radius 2 is 0.941 bits per heavy atom. The number of carboxylic acids is 1. The monoisotopic (exact) mass is 694 g/mol. The fraction of sp³-hybridized carbons (Fsp3) is 0. The molecule has 0 saturated carbocycles. The molecular formula is C46H24Cl2O3. The highest BCUT2D eigenvalue weighted by atomic mass is 35.5. The summed E-state index contributed by atoms with van der Waals surface area (Å²) < 4.78 is 0. The summed E-state index contributed by atoms with van der Waals surface area (Å²) in [5.74, 6) is -0.874. The lowest BCUT2D eigenvalue weighted by molar-refractivity contribution is 0.0697. The summed E-state index contributed by atoms with van der Waals surface area (Å²) in [6, 6.07) is 45.8. The topological polar surface area (TPSA) is 54.4 Å². The van der Waals surface area contributed by atoms with Crippen molar-refractivity contribution in [2.75, 3.05) is 0 Å². The second-order valence-electron chi connectivity index (χ2n) is 13.1. The Kier molecular flexibility index (Phi) is 6.44. The number of hydrogen-bond acceptors (Lipinski definition) is 2. The number of hydrogen-bond donors (Lipinski definition) is 1. The van der Waals surface area contributed by atoms with E-state index in [1.54, 1.807) is 12.1 Å². The van der Waals surface area contributed by atoms with Crippen LogP contribution < -0.4 is 0 Å². The number of carbonyl (C=O) groups is 2. The SMILES string of the molecule is O=C(O)c1ccccc1-c1cc(Cl)c2c(c1)-c1cccc3cccc-2c13.O=C1c2ccccc2-c2c1cc1c(c2Cl)-c2cccc3cccc-1c23. The quantitative estimate of drug-likeness (QED) is 0.196. The van der Waals surface area contributed by atoms with Crippen molar-refractivity contribution < 1.29 is 14.7 Å². The third-order valence-electron chi connectivity index (χ3n) is 10.4. The van der Waals surface area contributed by atoms with Crippen LogP contribution in [-0.2, 0) is 0 Å². The highest BCUT2D eigenvalue weighted by molar-refractivity contribution is 6.42. The zero-order chi connectivity index (χ0) is 34.5. The third-order valence-corrected chi connectivity index (χ3v) is 11.1. The predicted octanol–water partition coefficient (Wildman–Crippen LogP) is 12.9. The van der Waals surface area contributed by atoms with Gasteiger partial charge in [-0.15, -0.1) is 0 Å².